The number of benzene rings is 4. The molecule has 7 nitrogen and oxygen atoms in total. The Balaban J connectivity index is 1.32. The van der Waals surface area contributed by atoms with Crippen molar-refractivity contribution in [3.63, 3.8) is 0 Å². The molecular weight excluding hydrogens is 550 g/mol. The zero-order valence-electron chi connectivity index (χ0n) is 25.3. The van der Waals surface area contributed by atoms with Crippen LogP contribution in [-0.4, -0.2) is 28.0 Å². The normalized spacial score (nSPS) is 13.2. The van der Waals surface area contributed by atoms with Crippen LogP contribution in [0.3, 0.4) is 0 Å². The van der Waals surface area contributed by atoms with E-state index < -0.39 is 0 Å². The number of nitrogens with zero attached hydrogens (tertiary/aromatic N) is 3. The fourth-order valence-electron chi connectivity index (χ4n) is 6.03. The Hall–Kier alpha value is -4.75. The van der Waals surface area contributed by atoms with Crippen molar-refractivity contribution < 1.29 is 18.9 Å². The van der Waals surface area contributed by atoms with Crippen LogP contribution in [0.1, 0.15) is 42.1 Å². The lowest BCUT2D eigenvalue weighted by Crippen LogP contribution is -2.24. The number of aryl methyl sites for hydroxylation is 1. The summed E-state index contributed by atoms with van der Waals surface area (Å²) in [5.41, 5.74) is 8.08. The molecule has 0 bridgehead atoms. The number of hydrogen-bond donors (Lipinski definition) is 0. The van der Waals surface area contributed by atoms with Crippen LogP contribution in [0, 0.1) is 6.92 Å². The highest BCUT2D eigenvalue weighted by molar-refractivity contribution is 5.70. The number of imidazole rings is 1. The Labute approximate surface area is 258 Å². The largest absolute Gasteiger partial charge is 0.454 e. The van der Waals surface area contributed by atoms with Crippen molar-refractivity contribution in [3.05, 3.63) is 113 Å². The van der Waals surface area contributed by atoms with Gasteiger partial charge in [0.2, 0.25) is 13.6 Å². The third-order valence-corrected chi connectivity index (χ3v) is 8.30. The lowest BCUT2D eigenvalue weighted by molar-refractivity contribution is 0.173. The molecule has 0 N–H and O–H groups in total. The first kappa shape index (κ1) is 28.0. The molecule has 44 heavy (non-hydrogen) atoms. The standard InChI is InChI=1S/C37H37N3O4/c1-3-4-18-40-31(36(29-11-6-5-7-12-29)38-37(40)30-13-9-8-10-26(30)2)23-39(21-27-14-16-32-34(19-27)43-24-41-32)22-28-15-17-33-35(20-28)44-25-42-33/h5-17,19-20H,3-4,18,21-25H2,1-2H3. The van der Waals surface area contributed by atoms with E-state index in [2.05, 4.69) is 102 Å². The van der Waals surface area contributed by atoms with Gasteiger partial charge in [0.1, 0.15) is 5.82 Å². The first-order valence-electron chi connectivity index (χ1n) is 15.4. The Bertz CT molecular complexity index is 1710. The molecule has 7 heteroatoms. The molecular formula is C37H37N3O4. The SMILES string of the molecule is CCCCn1c(-c2ccccc2C)nc(-c2ccccc2)c1CN(Cc1ccc2c(c1)OCO2)Cc1ccc2c(c1)OCO2. The van der Waals surface area contributed by atoms with E-state index in [4.69, 9.17) is 23.9 Å². The smallest absolute Gasteiger partial charge is 0.231 e. The van der Waals surface area contributed by atoms with Crippen LogP contribution < -0.4 is 18.9 Å². The first-order valence-corrected chi connectivity index (χ1v) is 15.4. The summed E-state index contributed by atoms with van der Waals surface area (Å²) in [5.74, 6) is 4.21. The quantitative estimate of drug-likeness (QED) is 0.156. The van der Waals surface area contributed by atoms with Gasteiger partial charge < -0.3 is 23.5 Å². The molecule has 2 aliphatic heterocycles. The van der Waals surface area contributed by atoms with E-state index in [0.29, 0.717) is 6.54 Å². The second kappa shape index (κ2) is 12.5. The van der Waals surface area contributed by atoms with Crippen LogP contribution in [0.15, 0.2) is 91.0 Å². The van der Waals surface area contributed by atoms with E-state index in [1.165, 1.54) is 16.8 Å². The van der Waals surface area contributed by atoms with Crippen molar-refractivity contribution in [2.75, 3.05) is 13.6 Å². The molecule has 224 valence electrons. The second-order valence-electron chi connectivity index (χ2n) is 11.4. The fraction of sp³-hybridized carbons (Fsp3) is 0.270. The van der Waals surface area contributed by atoms with Crippen molar-refractivity contribution in [1.82, 2.24) is 14.5 Å². The number of hydrogen-bond acceptors (Lipinski definition) is 6. The number of rotatable bonds is 11. The summed E-state index contributed by atoms with van der Waals surface area (Å²) in [6.07, 6.45) is 2.17. The van der Waals surface area contributed by atoms with Crippen LogP contribution in [0.25, 0.3) is 22.6 Å². The van der Waals surface area contributed by atoms with Crippen LogP contribution >= 0.6 is 0 Å². The van der Waals surface area contributed by atoms with Gasteiger partial charge in [-0.1, -0.05) is 80.1 Å². The lowest BCUT2D eigenvalue weighted by atomic mass is 10.1. The van der Waals surface area contributed by atoms with Gasteiger partial charge in [0, 0.05) is 37.3 Å². The highest BCUT2D eigenvalue weighted by Crippen LogP contribution is 2.36. The summed E-state index contributed by atoms with van der Waals surface area (Å²) in [7, 11) is 0. The molecule has 4 aromatic carbocycles. The molecule has 2 aliphatic rings. The first-order chi connectivity index (χ1) is 21.7. The molecule has 3 heterocycles. The maximum atomic E-state index is 5.73. The maximum absolute atomic E-state index is 5.73. The van der Waals surface area contributed by atoms with Gasteiger partial charge in [-0.05, 0) is 54.3 Å². The summed E-state index contributed by atoms with van der Waals surface area (Å²) in [6.45, 7) is 7.98. The van der Waals surface area contributed by atoms with Gasteiger partial charge >= 0.3 is 0 Å². The number of ether oxygens (including phenoxy) is 4. The van der Waals surface area contributed by atoms with Gasteiger partial charge in [-0.3, -0.25) is 4.90 Å². The van der Waals surface area contributed by atoms with E-state index in [1.54, 1.807) is 0 Å². The topological polar surface area (TPSA) is 58.0 Å². The van der Waals surface area contributed by atoms with Gasteiger partial charge in [-0.2, -0.15) is 0 Å². The molecule has 0 saturated heterocycles. The zero-order valence-corrected chi connectivity index (χ0v) is 25.3. The minimum Gasteiger partial charge on any atom is -0.454 e. The zero-order chi connectivity index (χ0) is 29.9. The average Bonchev–Trinajstić information content (AvgIpc) is 3.79. The summed E-state index contributed by atoms with van der Waals surface area (Å²) in [5, 5.41) is 0. The molecule has 1 aromatic heterocycles. The molecule has 7 rings (SSSR count). The van der Waals surface area contributed by atoms with Gasteiger partial charge in [-0.25, -0.2) is 4.98 Å². The molecule has 0 amide bonds. The van der Waals surface area contributed by atoms with Crippen LogP contribution in [-0.2, 0) is 26.2 Å². The molecule has 0 fully saturated rings. The molecule has 0 radical (unpaired) electrons. The average molecular weight is 588 g/mol. The summed E-state index contributed by atoms with van der Waals surface area (Å²) < 4.78 is 25.1. The third-order valence-electron chi connectivity index (χ3n) is 8.30. The van der Waals surface area contributed by atoms with Gasteiger partial charge in [0.25, 0.3) is 0 Å². The third kappa shape index (κ3) is 5.75. The fourth-order valence-corrected chi connectivity index (χ4v) is 6.03. The van der Waals surface area contributed by atoms with Gasteiger partial charge in [-0.15, -0.1) is 0 Å². The number of unbranched alkanes of at least 4 members (excludes halogenated alkanes) is 1. The van der Waals surface area contributed by atoms with E-state index in [-0.39, 0.29) is 13.6 Å². The highest BCUT2D eigenvalue weighted by atomic mass is 16.7. The molecule has 5 aromatic rings. The molecule has 0 unspecified atom stereocenters. The Morgan fingerprint density at radius 3 is 1.95 bits per heavy atom. The van der Waals surface area contributed by atoms with E-state index >= 15 is 0 Å². The Kier molecular flexibility index (Phi) is 7.95. The van der Waals surface area contributed by atoms with Crippen LogP contribution in [0.5, 0.6) is 23.0 Å². The van der Waals surface area contributed by atoms with Gasteiger partial charge in [0.05, 0.1) is 11.4 Å². The summed E-state index contributed by atoms with van der Waals surface area (Å²) >= 11 is 0. The van der Waals surface area contributed by atoms with Crippen molar-refractivity contribution >= 4 is 0 Å². The molecule has 0 atom stereocenters. The van der Waals surface area contributed by atoms with E-state index in [0.717, 1.165) is 83.7 Å². The second-order valence-corrected chi connectivity index (χ2v) is 11.4. The van der Waals surface area contributed by atoms with E-state index in [9.17, 15) is 0 Å². The molecule has 0 saturated carbocycles. The summed E-state index contributed by atoms with van der Waals surface area (Å²) in [6, 6.07) is 31.6. The highest BCUT2D eigenvalue weighted by Gasteiger charge is 2.24. The monoisotopic (exact) mass is 587 g/mol. The lowest BCUT2D eigenvalue weighted by Gasteiger charge is -2.25. The molecule has 0 spiro atoms. The van der Waals surface area contributed by atoms with Crippen molar-refractivity contribution in [2.24, 2.45) is 0 Å². The maximum Gasteiger partial charge on any atom is 0.231 e. The molecule has 0 aliphatic carbocycles. The predicted octanol–water partition coefficient (Wildman–Crippen LogP) is 7.99. The minimum atomic E-state index is 0.262. The van der Waals surface area contributed by atoms with E-state index in [1.807, 2.05) is 12.1 Å². The van der Waals surface area contributed by atoms with Gasteiger partial charge in [0.15, 0.2) is 23.0 Å². The Morgan fingerprint density at radius 1 is 0.705 bits per heavy atom. The summed E-state index contributed by atoms with van der Waals surface area (Å²) in [4.78, 5) is 7.86. The number of aromatic nitrogens is 2. The van der Waals surface area contributed by atoms with Crippen LogP contribution in [0.2, 0.25) is 0 Å². The van der Waals surface area contributed by atoms with Crippen LogP contribution in [0.4, 0.5) is 0 Å². The van der Waals surface area contributed by atoms with Crippen molar-refractivity contribution in [1.29, 1.82) is 0 Å². The predicted molar refractivity (Wildman–Crippen MR) is 171 cm³/mol. The van der Waals surface area contributed by atoms with Crippen molar-refractivity contribution in [3.8, 4) is 45.6 Å². The Morgan fingerprint density at radius 2 is 1.32 bits per heavy atom. The number of fused-ring (bicyclic) bond motifs is 2. The van der Waals surface area contributed by atoms with Crippen molar-refractivity contribution in [2.45, 2.75) is 52.9 Å². The minimum absolute atomic E-state index is 0.262.